The zero-order valence-electron chi connectivity index (χ0n) is 15.0. The van der Waals surface area contributed by atoms with Gasteiger partial charge in [-0.05, 0) is 43.2 Å². The summed E-state index contributed by atoms with van der Waals surface area (Å²) in [5, 5.41) is 0. The van der Waals surface area contributed by atoms with Crippen LogP contribution in [0.25, 0.3) is 0 Å². The summed E-state index contributed by atoms with van der Waals surface area (Å²) in [7, 11) is 0. The van der Waals surface area contributed by atoms with E-state index in [9.17, 15) is 9.59 Å². The molecule has 2 amide bonds. The molecule has 1 aliphatic rings. The first-order chi connectivity index (χ1) is 12.7. The van der Waals surface area contributed by atoms with Crippen LogP contribution in [0.1, 0.15) is 29.5 Å². The number of nitrogens with zero attached hydrogens (tertiary/aromatic N) is 2. The maximum absolute atomic E-state index is 12.6. The number of hydrogen-bond donors (Lipinski definition) is 0. The number of ether oxygens (including phenoxy) is 1. The maximum atomic E-state index is 12.6. The minimum absolute atomic E-state index is 0.0847. The SMILES string of the molecule is CCOc1ccc(CC(=O)N2CCCN(C(=O)c3ccco3)CC2)cc1. The van der Waals surface area contributed by atoms with Crippen LogP contribution in [0.15, 0.2) is 47.1 Å². The molecule has 2 heterocycles. The highest BCUT2D eigenvalue weighted by Crippen LogP contribution is 2.14. The van der Waals surface area contributed by atoms with Crippen molar-refractivity contribution in [3.8, 4) is 5.75 Å². The zero-order valence-corrected chi connectivity index (χ0v) is 15.0. The Morgan fingerprint density at radius 2 is 1.77 bits per heavy atom. The standard InChI is InChI=1S/C20H24N2O4/c1-2-25-17-8-6-16(7-9-17)15-19(23)21-10-4-11-22(13-12-21)20(24)18-5-3-14-26-18/h3,5-9,14H,2,4,10-13,15H2,1H3. The molecule has 6 nitrogen and oxygen atoms in total. The van der Waals surface area contributed by atoms with Gasteiger partial charge in [-0.25, -0.2) is 0 Å². The number of rotatable bonds is 5. The highest BCUT2D eigenvalue weighted by molar-refractivity contribution is 5.91. The van der Waals surface area contributed by atoms with Gasteiger partial charge in [0.1, 0.15) is 5.75 Å². The van der Waals surface area contributed by atoms with E-state index in [-0.39, 0.29) is 11.8 Å². The van der Waals surface area contributed by atoms with E-state index in [0.717, 1.165) is 17.7 Å². The van der Waals surface area contributed by atoms with Gasteiger partial charge >= 0.3 is 0 Å². The second kappa shape index (κ2) is 8.56. The van der Waals surface area contributed by atoms with Crippen molar-refractivity contribution in [2.75, 3.05) is 32.8 Å². The Kier molecular flexibility index (Phi) is 5.94. The van der Waals surface area contributed by atoms with Gasteiger partial charge in [0.15, 0.2) is 5.76 Å². The summed E-state index contributed by atoms with van der Waals surface area (Å²) in [6, 6.07) is 11.0. The fraction of sp³-hybridized carbons (Fsp3) is 0.400. The van der Waals surface area contributed by atoms with Crippen LogP contribution in [0, 0.1) is 0 Å². The van der Waals surface area contributed by atoms with Gasteiger partial charge in [0.25, 0.3) is 5.91 Å². The molecule has 1 saturated heterocycles. The molecule has 0 unspecified atom stereocenters. The van der Waals surface area contributed by atoms with E-state index in [0.29, 0.717) is 45.0 Å². The van der Waals surface area contributed by atoms with E-state index in [1.165, 1.54) is 6.26 Å². The molecule has 1 aromatic heterocycles. The average molecular weight is 356 g/mol. The van der Waals surface area contributed by atoms with Crippen molar-refractivity contribution in [3.05, 3.63) is 54.0 Å². The van der Waals surface area contributed by atoms with Gasteiger partial charge < -0.3 is 19.0 Å². The molecule has 0 saturated carbocycles. The molecule has 6 heteroatoms. The molecule has 1 aromatic carbocycles. The molecule has 0 spiro atoms. The molecule has 3 rings (SSSR count). The second-order valence-corrected chi connectivity index (χ2v) is 6.26. The van der Waals surface area contributed by atoms with Crippen LogP contribution in [-0.2, 0) is 11.2 Å². The molecule has 0 atom stereocenters. The minimum atomic E-state index is -0.115. The molecule has 138 valence electrons. The lowest BCUT2D eigenvalue weighted by Gasteiger charge is -2.21. The van der Waals surface area contributed by atoms with Gasteiger partial charge in [-0.1, -0.05) is 12.1 Å². The Hall–Kier alpha value is -2.76. The van der Waals surface area contributed by atoms with Crippen molar-refractivity contribution in [2.24, 2.45) is 0 Å². The Bertz CT molecular complexity index is 725. The third-order valence-corrected chi connectivity index (χ3v) is 4.46. The topological polar surface area (TPSA) is 63.0 Å². The molecule has 26 heavy (non-hydrogen) atoms. The highest BCUT2D eigenvalue weighted by atomic mass is 16.5. The lowest BCUT2D eigenvalue weighted by Crippen LogP contribution is -2.37. The molecule has 2 aromatic rings. The van der Waals surface area contributed by atoms with Gasteiger partial charge in [-0.3, -0.25) is 9.59 Å². The van der Waals surface area contributed by atoms with E-state index in [4.69, 9.17) is 9.15 Å². The Balaban J connectivity index is 1.54. The van der Waals surface area contributed by atoms with Crippen molar-refractivity contribution in [3.63, 3.8) is 0 Å². The fourth-order valence-corrected chi connectivity index (χ4v) is 3.08. The number of amides is 2. The largest absolute Gasteiger partial charge is 0.494 e. The van der Waals surface area contributed by atoms with Crippen LogP contribution in [0.3, 0.4) is 0 Å². The lowest BCUT2D eigenvalue weighted by atomic mass is 10.1. The number of carbonyl (C=O) groups is 2. The van der Waals surface area contributed by atoms with Gasteiger partial charge in [0, 0.05) is 26.2 Å². The summed E-state index contributed by atoms with van der Waals surface area (Å²) in [5.41, 5.74) is 0.964. The summed E-state index contributed by atoms with van der Waals surface area (Å²) in [6.45, 7) is 4.93. The quantitative estimate of drug-likeness (QED) is 0.826. The summed E-state index contributed by atoms with van der Waals surface area (Å²) < 4.78 is 10.6. The highest BCUT2D eigenvalue weighted by Gasteiger charge is 2.24. The molecule has 1 aliphatic heterocycles. The van der Waals surface area contributed by atoms with Gasteiger partial charge in [-0.15, -0.1) is 0 Å². The molecule has 0 bridgehead atoms. The average Bonchev–Trinajstić information content (AvgIpc) is 3.07. The van der Waals surface area contributed by atoms with Crippen LogP contribution >= 0.6 is 0 Å². The first kappa shape index (κ1) is 18.0. The van der Waals surface area contributed by atoms with Crippen LogP contribution in [-0.4, -0.2) is 54.4 Å². The first-order valence-corrected chi connectivity index (χ1v) is 8.99. The normalized spacial score (nSPS) is 14.8. The first-order valence-electron chi connectivity index (χ1n) is 8.99. The fourth-order valence-electron chi connectivity index (χ4n) is 3.08. The van der Waals surface area contributed by atoms with Crippen molar-refractivity contribution in [2.45, 2.75) is 19.8 Å². The monoisotopic (exact) mass is 356 g/mol. The van der Waals surface area contributed by atoms with Gasteiger partial charge in [0.05, 0.1) is 19.3 Å². The van der Waals surface area contributed by atoms with E-state index in [1.807, 2.05) is 36.1 Å². The van der Waals surface area contributed by atoms with Gasteiger partial charge in [-0.2, -0.15) is 0 Å². The second-order valence-electron chi connectivity index (χ2n) is 6.26. The Morgan fingerprint density at radius 3 is 2.46 bits per heavy atom. The number of carbonyl (C=O) groups excluding carboxylic acids is 2. The van der Waals surface area contributed by atoms with E-state index < -0.39 is 0 Å². The summed E-state index contributed by atoms with van der Waals surface area (Å²) >= 11 is 0. The predicted octanol–water partition coefficient (Wildman–Crippen LogP) is 2.60. The molecule has 0 aliphatic carbocycles. The zero-order chi connectivity index (χ0) is 18.4. The van der Waals surface area contributed by atoms with Crippen molar-refractivity contribution in [1.82, 2.24) is 9.80 Å². The van der Waals surface area contributed by atoms with Crippen LogP contribution in [0.4, 0.5) is 0 Å². The van der Waals surface area contributed by atoms with E-state index in [2.05, 4.69) is 0 Å². The molecule has 0 N–H and O–H groups in total. The maximum Gasteiger partial charge on any atom is 0.289 e. The van der Waals surface area contributed by atoms with Crippen LogP contribution in [0.5, 0.6) is 5.75 Å². The third kappa shape index (κ3) is 4.45. The smallest absolute Gasteiger partial charge is 0.289 e. The molecule has 1 fully saturated rings. The summed E-state index contributed by atoms with van der Waals surface area (Å²) in [6.07, 6.45) is 2.62. The summed E-state index contributed by atoms with van der Waals surface area (Å²) in [5.74, 6) is 1.13. The number of hydrogen-bond acceptors (Lipinski definition) is 4. The Morgan fingerprint density at radius 1 is 1.04 bits per heavy atom. The number of furan rings is 1. The lowest BCUT2D eigenvalue weighted by molar-refractivity contribution is -0.130. The van der Waals surface area contributed by atoms with Crippen molar-refractivity contribution < 1.29 is 18.7 Å². The van der Waals surface area contributed by atoms with Gasteiger partial charge in [0.2, 0.25) is 5.91 Å². The predicted molar refractivity (Wildman–Crippen MR) is 97.1 cm³/mol. The number of benzene rings is 1. The third-order valence-electron chi connectivity index (χ3n) is 4.46. The van der Waals surface area contributed by atoms with Crippen LogP contribution < -0.4 is 4.74 Å². The van der Waals surface area contributed by atoms with E-state index >= 15 is 0 Å². The molecule has 0 radical (unpaired) electrons. The summed E-state index contributed by atoms with van der Waals surface area (Å²) in [4.78, 5) is 28.6. The minimum Gasteiger partial charge on any atom is -0.494 e. The van der Waals surface area contributed by atoms with Crippen molar-refractivity contribution in [1.29, 1.82) is 0 Å². The Labute approximate surface area is 153 Å². The van der Waals surface area contributed by atoms with E-state index in [1.54, 1.807) is 17.0 Å². The molecular formula is C20H24N2O4. The molecular weight excluding hydrogens is 332 g/mol. The van der Waals surface area contributed by atoms with Crippen LogP contribution in [0.2, 0.25) is 0 Å². The van der Waals surface area contributed by atoms with Crippen molar-refractivity contribution >= 4 is 11.8 Å².